The van der Waals surface area contributed by atoms with Gasteiger partial charge < -0.3 is 14.9 Å². The van der Waals surface area contributed by atoms with Gasteiger partial charge in [-0.05, 0) is 48.0 Å². The highest BCUT2D eigenvalue weighted by Crippen LogP contribution is 2.26. The fraction of sp³-hybridized carbons (Fsp3) is 0.417. The average Bonchev–Trinajstić information content (AvgIpc) is 2.18. The second kappa shape index (κ2) is 5.51. The van der Waals surface area contributed by atoms with Gasteiger partial charge in [0.05, 0.1) is 22.2 Å². The summed E-state index contributed by atoms with van der Waals surface area (Å²) in [6.45, 7) is 3.71. The molecule has 0 heterocycles. The largest absolute Gasteiger partial charge is 0.492 e. The van der Waals surface area contributed by atoms with Crippen molar-refractivity contribution in [2.75, 3.05) is 6.61 Å². The van der Waals surface area contributed by atoms with Crippen LogP contribution >= 0.6 is 15.9 Å². The van der Waals surface area contributed by atoms with Crippen LogP contribution < -0.4 is 4.74 Å². The van der Waals surface area contributed by atoms with Crippen LogP contribution in [0.2, 0.25) is 0 Å². The molecule has 0 bridgehead atoms. The van der Waals surface area contributed by atoms with Gasteiger partial charge in [0.2, 0.25) is 0 Å². The van der Waals surface area contributed by atoms with Gasteiger partial charge in [-0.25, -0.2) is 4.79 Å². The molecule has 0 amide bonds. The van der Waals surface area contributed by atoms with Crippen molar-refractivity contribution < 1.29 is 19.7 Å². The Hall–Kier alpha value is -1.07. The van der Waals surface area contributed by atoms with Crippen LogP contribution in [0.15, 0.2) is 22.7 Å². The molecule has 1 aromatic carbocycles. The molecule has 0 aliphatic rings. The van der Waals surface area contributed by atoms with Crippen molar-refractivity contribution in [1.29, 1.82) is 0 Å². The Morgan fingerprint density at radius 1 is 1.47 bits per heavy atom. The van der Waals surface area contributed by atoms with E-state index < -0.39 is 11.6 Å². The predicted molar refractivity (Wildman–Crippen MR) is 67.5 cm³/mol. The monoisotopic (exact) mass is 302 g/mol. The van der Waals surface area contributed by atoms with Crippen LogP contribution in [0, 0.1) is 0 Å². The first-order chi connectivity index (χ1) is 7.79. The van der Waals surface area contributed by atoms with Gasteiger partial charge in [0, 0.05) is 6.42 Å². The van der Waals surface area contributed by atoms with E-state index in [2.05, 4.69) is 15.9 Å². The standard InChI is InChI=1S/C12H15BrO4/c1-12(2,16)5-6-17-10-7-8(11(14)15)3-4-9(10)13/h3-4,7,16H,5-6H2,1-2H3,(H,14,15). The lowest BCUT2D eigenvalue weighted by molar-refractivity contribution is 0.0550. The quantitative estimate of drug-likeness (QED) is 0.877. The lowest BCUT2D eigenvalue weighted by Gasteiger charge is -2.17. The van der Waals surface area contributed by atoms with Gasteiger partial charge >= 0.3 is 5.97 Å². The Labute approximate surface area is 108 Å². The molecule has 0 radical (unpaired) electrons. The van der Waals surface area contributed by atoms with Crippen LogP contribution in [0.3, 0.4) is 0 Å². The number of benzene rings is 1. The highest BCUT2D eigenvalue weighted by molar-refractivity contribution is 9.10. The summed E-state index contributed by atoms with van der Waals surface area (Å²) in [6, 6.07) is 4.58. The molecular weight excluding hydrogens is 288 g/mol. The lowest BCUT2D eigenvalue weighted by atomic mass is 10.1. The highest BCUT2D eigenvalue weighted by atomic mass is 79.9. The lowest BCUT2D eigenvalue weighted by Crippen LogP contribution is -2.21. The van der Waals surface area contributed by atoms with E-state index >= 15 is 0 Å². The zero-order valence-corrected chi connectivity index (χ0v) is 11.3. The van der Waals surface area contributed by atoms with Crippen LogP contribution in [-0.2, 0) is 0 Å². The van der Waals surface area contributed by atoms with Crippen molar-refractivity contribution in [3.05, 3.63) is 28.2 Å². The summed E-state index contributed by atoms with van der Waals surface area (Å²) in [5, 5.41) is 18.4. The minimum atomic E-state index is -0.996. The summed E-state index contributed by atoms with van der Waals surface area (Å²) in [5.74, 6) is -0.529. The Bertz CT molecular complexity index is 409. The summed E-state index contributed by atoms with van der Waals surface area (Å²) < 4.78 is 6.13. The number of halogens is 1. The zero-order chi connectivity index (χ0) is 13.1. The molecule has 0 unspecified atom stereocenters. The van der Waals surface area contributed by atoms with Gasteiger partial charge in [0.15, 0.2) is 0 Å². The summed E-state index contributed by atoms with van der Waals surface area (Å²) in [4.78, 5) is 10.8. The Kier molecular flexibility index (Phi) is 4.54. The predicted octanol–water partition coefficient (Wildman–Crippen LogP) is 2.69. The Morgan fingerprint density at radius 3 is 2.65 bits per heavy atom. The number of rotatable bonds is 5. The van der Waals surface area contributed by atoms with Crippen LogP contribution in [0.4, 0.5) is 0 Å². The maximum Gasteiger partial charge on any atom is 0.335 e. The second-order valence-electron chi connectivity index (χ2n) is 4.36. The summed E-state index contributed by atoms with van der Waals surface area (Å²) in [6.07, 6.45) is 0.469. The number of aliphatic hydroxyl groups is 1. The molecular formula is C12H15BrO4. The average molecular weight is 303 g/mol. The van der Waals surface area contributed by atoms with Crippen LogP contribution in [0.1, 0.15) is 30.6 Å². The molecule has 0 saturated heterocycles. The van der Waals surface area contributed by atoms with Crippen molar-refractivity contribution in [3.8, 4) is 5.75 Å². The number of aromatic carboxylic acids is 1. The maximum absolute atomic E-state index is 10.8. The first-order valence-electron chi connectivity index (χ1n) is 5.17. The number of ether oxygens (including phenoxy) is 1. The molecule has 0 aromatic heterocycles. The third-order valence-corrected chi connectivity index (χ3v) is 2.80. The molecule has 0 saturated carbocycles. The molecule has 1 rings (SSSR count). The van der Waals surface area contributed by atoms with E-state index in [1.807, 2.05) is 0 Å². The van der Waals surface area contributed by atoms with Crippen LogP contribution in [-0.4, -0.2) is 28.4 Å². The molecule has 5 heteroatoms. The van der Waals surface area contributed by atoms with Crippen molar-refractivity contribution in [2.45, 2.75) is 25.9 Å². The molecule has 2 N–H and O–H groups in total. The number of hydrogen-bond donors (Lipinski definition) is 2. The summed E-state index contributed by atoms with van der Waals surface area (Å²) >= 11 is 3.28. The fourth-order valence-electron chi connectivity index (χ4n) is 1.16. The first-order valence-corrected chi connectivity index (χ1v) is 5.97. The molecule has 0 fully saturated rings. The number of hydrogen-bond acceptors (Lipinski definition) is 3. The molecule has 1 aromatic rings. The van der Waals surface area contributed by atoms with E-state index in [1.54, 1.807) is 19.9 Å². The second-order valence-corrected chi connectivity index (χ2v) is 5.22. The Morgan fingerprint density at radius 2 is 2.12 bits per heavy atom. The topological polar surface area (TPSA) is 66.8 Å². The molecule has 17 heavy (non-hydrogen) atoms. The number of carboxylic acids is 1. The number of carbonyl (C=O) groups is 1. The summed E-state index contributed by atoms with van der Waals surface area (Å²) in [5.41, 5.74) is -0.622. The van der Waals surface area contributed by atoms with Crippen LogP contribution in [0.25, 0.3) is 0 Å². The molecule has 0 atom stereocenters. The van der Waals surface area contributed by atoms with Crippen molar-refractivity contribution in [2.24, 2.45) is 0 Å². The van der Waals surface area contributed by atoms with E-state index in [-0.39, 0.29) is 5.56 Å². The minimum Gasteiger partial charge on any atom is -0.492 e. The SMILES string of the molecule is CC(C)(O)CCOc1cc(C(=O)O)ccc1Br. The van der Waals surface area contributed by atoms with E-state index in [4.69, 9.17) is 9.84 Å². The van der Waals surface area contributed by atoms with E-state index in [0.29, 0.717) is 23.2 Å². The van der Waals surface area contributed by atoms with Crippen molar-refractivity contribution in [1.82, 2.24) is 0 Å². The van der Waals surface area contributed by atoms with Crippen molar-refractivity contribution in [3.63, 3.8) is 0 Å². The third kappa shape index (κ3) is 4.75. The maximum atomic E-state index is 10.8. The molecule has 0 aliphatic heterocycles. The molecule has 94 valence electrons. The normalized spacial score (nSPS) is 11.3. The fourth-order valence-corrected chi connectivity index (χ4v) is 1.52. The van der Waals surface area contributed by atoms with Crippen LogP contribution in [0.5, 0.6) is 5.75 Å². The summed E-state index contributed by atoms with van der Waals surface area (Å²) in [7, 11) is 0. The minimum absolute atomic E-state index is 0.173. The molecule has 0 aliphatic carbocycles. The van der Waals surface area contributed by atoms with Gasteiger partial charge in [-0.3, -0.25) is 0 Å². The molecule has 4 nitrogen and oxygen atoms in total. The van der Waals surface area contributed by atoms with Gasteiger partial charge in [0.1, 0.15) is 5.75 Å². The van der Waals surface area contributed by atoms with Gasteiger partial charge in [-0.2, -0.15) is 0 Å². The van der Waals surface area contributed by atoms with E-state index in [0.717, 1.165) is 0 Å². The Balaban J connectivity index is 2.70. The van der Waals surface area contributed by atoms with Gasteiger partial charge in [-0.1, -0.05) is 0 Å². The van der Waals surface area contributed by atoms with E-state index in [1.165, 1.54) is 12.1 Å². The van der Waals surface area contributed by atoms with Gasteiger partial charge in [-0.15, -0.1) is 0 Å². The highest BCUT2D eigenvalue weighted by Gasteiger charge is 2.13. The molecule has 0 spiro atoms. The van der Waals surface area contributed by atoms with Crippen molar-refractivity contribution >= 4 is 21.9 Å². The first kappa shape index (κ1) is 14.0. The van der Waals surface area contributed by atoms with E-state index in [9.17, 15) is 9.90 Å². The number of carboxylic acid groups (broad SMARTS) is 1. The third-order valence-electron chi connectivity index (χ3n) is 2.15. The van der Waals surface area contributed by atoms with Gasteiger partial charge in [0.25, 0.3) is 0 Å². The zero-order valence-electron chi connectivity index (χ0n) is 9.74. The smallest absolute Gasteiger partial charge is 0.335 e.